The summed E-state index contributed by atoms with van der Waals surface area (Å²) in [4.78, 5) is 11.7. The number of hydrogen-bond acceptors (Lipinski definition) is 3. The minimum Gasteiger partial charge on any atom is -0.337 e. The molecule has 2 amide bonds. The number of nitrogens with one attached hydrogen (secondary N) is 2. The van der Waals surface area contributed by atoms with E-state index in [0.717, 1.165) is 22.9 Å². The van der Waals surface area contributed by atoms with E-state index in [0.29, 0.717) is 0 Å². The fraction of sp³-hybridized carbons (Fsp3) is 0.500. The standard InChI is InChI=1S/C14H22N2O3S/c1-10-7-11(2)9-13(8-10)12(3)16-14(17)15-5-6-20(4,18)19/h7-9,12H,5-6H2,1-4H3,(H2,15,16,17)/t12-/m0/s1. The van der Waals surface area contributed by atoms with Gasteiger partial charge >= 0.3 is 6.03 Å². The zero-order valence-electron chi connectivity index (χ0n) is 12.4. The van der Waals surface area contributed by atoms with E-state index in [-0.39, 0.29) is 24.4 Å². The third-order valence-corrected chi connectivity index (χ3v) is 3.80. The molecule has 112 valence electrons. The summed E-state index contributed by atoms with van der Waals surface area (Å²) in [5.41, 5.74) is 3.32. The summed E-state index contributed by atoms with van der Waals surface area (Å²) in [6, 6.07) is 5.62. The first kappa shape index (κ1) is 16.5. The van der Waals surface area contributed by atoms with E-state index in [1.165, 1.54) is 0 Å². The summed E-state index contributed by atoms with van der Waals surface area (Å²) in [5, 5.41) is 5.33. The lowest BCUT2D eigenvalue weighted by molar-refractivity contribution is 0.238. The van der Waals surface area contributed by atoms with Crippen LogP contribution in [0.5, 0.6) is 0 Å². The van der Waals surface area contributed by atoms with Crippen LogP contribution < -0.4 is 10.6 Å². The Hall–Kier alpha value is -1.56. The molecule has 0 unspecified atom stereocenters. The second kappa shape index (κ2) is 6.74. The number of rotatable bonds is 5. The number of carbonyl (C=O) groups is 1. The third kappa shape index (κ3) is 6.06. The monoisotopic (exact) mass is 298 g/mol. The van der Waals surface area contributed by atoms with Crippen LogP contribution in [0.1, 0.15) is 29.7 Å². The second-order valence-electron chi connectivity index (χ2n) is 5.17. The van der Waals surface area contributed by atoms with E-state index in [9.17, 15) is 13.2 Å². The van der Waals surface area contributed by atoms with E-state index < -0.39 is 9.84 Å². The van der Waals surface area contributed by atoms with Crippen molar-refractivity contribution in [1.82, 2.24) is 10.6 Å². The van der Waals surface area contributed by atoms with Gasteiger partial charge in [-0.1, -0.05) is 29.3 Å². The molecule has 0 saturated heterocycles. The van der Waals surface area contributed by atoms with Crippen LogP contribution in [0, 0.1) is 13.8 Å². The largest absolute Gasteiger partial charge is 0.337 e. The van der Waals surface area contributed by atoms with Gasteiger partial charge in [0.1, 0.15) is 9.84 Å². The van der Waals surface area contributed by atoms with Crippen molar-refractivity contribution in [3.8, 4) is 0 Å². The van der Waals surface area contributed by atoms with Gasteiger partial charge < -0.3 is 10.6 Å². The molecular weight excluding hydrogens is 276 g/mol. The Labute approximate surface area is 120 Å². The first-order chi connectivity index (χ1) is 9.17. The molecule has 1 atom stereocenters. The number of hydrogen-bond donors (Lipinski definition) is 2. The molecule has 6 heteroatoms. The van der Waals surface area contributed by atoms with Gasteiger partial charge in [0.05, 0.1) is 11.8 Å². The Morgan fingerprint density at radius 3 is 2.25 bits per heavy atom. The summed E-state index contributed by atoms with van der Waals surface area (Å²) in [6.07, 6.45) is 1.14. The number of urea groups is 1. The van der Waals surface area contributed by atoms with Crippen LogP contribution in [0.15, 0.2) is 18.2 Å². The minimum absolute atomic E-state index is 0.0572. The second-order valence-corrected chi connectivity index (χ2v) is 7.43. The van der Waals surface area contributed by atoms with Crippen LogP contribution in [-0.4, -0.2) is 33.0 Å². The van der Waals surface area contributed by atoms with Crippen LogP contribution in [-0.2, 0) is 9.84 Å². The average Bonchev–Trinajstić information content (AvgIpc) is 2.25. The Morgan fingerprint density at radius 1 is 1.20 bits per heavy atom. The van der Waals surface area contributed by atoms with E-state index in [1.54, 1.807) is 0 Å². The summed E-state index contributed by atoms with van der Waals surface area (Å²) in [7, 11) is -3.05. The van der Waals surface area contributed by atoms with Crippen molar-refractivity contribution in [2.45, 2.75) is 26.8 Å². The lowest BCUT2D eigenvalue weighted by atomic mass is 10.0. The number of benzene rings is 1. The molecule has 0 aliphatic carbocycles. The Morgan fingerprint density at radius 2 is 1.75 bits per heavy atom. The summed E-state index contributed by atoms with van der Waals surface area (Å²) in [5.74, 6) is -0.0572. The predicted molar refractivity (Wildman–Crippen MR) is 80.6 cm³/mol. The molecule has 0 fully saturated rings. The van der Waals surface area contributed by atoms with Gasteiger partial charge in [0, 0.05) is 12.8 Å². The van der Waals surface area contributed by atoms with Crippen LogP contribution >= 0.6 is 0 Å². The smallest absolute Gasteiger partial charge is 0.315 e. The van der Waals surface area contributed by atoms with Gasteiger partial charge in [0.25, 0.3) is 0 Å². The van der Waals surface area contributed by atoms with E-state index >= 15 is 0 Å². The first-order valence-corrected chi connectivity index (χ1v) is 8.54. The molecular formula is C14H22N2O3S. The predicted octanol–water partition coefficient (Wildman–Crippen LogP) is 1.71. The van der Waals surface area contributed by atoms with Gasteiger partial charge in [-0.15, -0.1) is 0 Å². The lowest BCUT2D eigenvalue weighted by Crippen LogP contribution is -2.39. The maximum Gasteiger partial charge on any atom is 0.315 e. The molecule has 0 aromatic heterocycles. The SMILES string of the molecule is Cc1cc(C)cc([C@H](C)NC(=O)NCCS(C)(=O)=O)c1. The molecule has 20 heavy (non-hydrogen) atoms. The molecule has 0 saturated carbocycles. The number of aryl methyl sites for hydroxylation is 2. The number of amides is 2. The van der Waals surface area contributed by atoms with Crippen LogP contribution in [0.2, 0.25) is 0 Å². The molecule has 0 aliphatic rings. The highest BCUT2D eigenvalue weighted by atomic mass is 32.2. The normalized spacial score (nSPS) is 12.8. The van der Waals surface area contributed by atoms with Gasteiger partial charge in [-0.2, -0.15) is 0 Å². The maximum atomic E-state index is 11.7. The van der Waals surface area contributed by atoms with Crippen molar-refractivity contribution < 1.29 is 13.2 Å². The highest BCUT2D eigenvalue weighted by molar-refractivity contribution is 7.90. The van der Waals surface area contributed by atoms with Gasteiger partial charge in [0.15, 0.2) is 0 Å². The Bertz CT molecular complexity index is 562. The molecule has 0 aliphatic heterocycles. The molecule has 1 aromatic rings. The van der Waals surface area contributed by atoms with Crippen molar-refractivity contribution in [3.63, 3.8) is 0 Å². The van der Waals surface area contributed by atoms with Gasteiger partial charge in [0.2, 0.25) is 0 Å². The Balaban J connectivity index is 2.53. The van der Waals surface area contributed by atoms with Crippen molar-refractivity contribution in [1.29, 1.82) is 0 Å². The molecule has 0 bridgehead atoms. The summed E-state index contributed by atoms with van der Waals surface area (Å²) in [6.45, 7) is 6.03. The van der Waals surface area contributed by atoms with E-state index in [4.69, 9.17) is 0 Å². The van der Waals surface area contributed by atoms with E-state index in [1.807, 2.05) is 32.9 Å². The highest BCUT2D eigenvalue weighted by Crippen LogP contribution is 2.16. The van der Waals surface area contributed by atoms with Crippen molar-refractivity contribution in [3.05, 3.63) is 34.9 Å². The Kier molecular flexibility index (Phi) is 5.56. The lowest BCUT2D eigenvalue weighted by Gasteiger charge is -2.16. The van der Waals surface area contributed by atoms with Crippen molar-refractivity contribution >= 4 is 15.9 Å². The summed E-state index contributed by atoms with van der Waals surface area (Å²) < 4.78 is 21.9. The van der Waals surface area contributed by atoms with E-state index in [2.05, 4.69) is 16.7 Å². The molecule has 0 spiro atoms. The van der Waals surface area contributed by atoms with Crippen LogP contribution in [0.25, 0.3) is 0 Å². The topological polar surface area (TPSA) is 75.3 Å². The molecule has 5 nitrogen and oxygen atoms in total. The van der Waals surface area contributed by atoms with Crippen LogP contribution in [0.4, 0.5) is 4.79 Å². The molecule has 0 radical (unpaired) electrons. The average molecular weight is 298 g/mol. The van der Waals surface area contributed by atoms with Crippen molar-refractivity contribution in [2.75, 3.05) is 18.6 Å². The van der Waals surface area contributed by atoms with Gasteiger partial charge in [-0.05, 0) is 26.3 Å². The zero-order chi connectivity index (χ0) is 15.3. The molecule has 0 heterocycles. The molecule has 1 aromatic carbocycles. The highest BCUT2D eigenvalue weighted by Gasteiger charge is 2.10. The zero-order valence-corrected chi connectivity index (χ0v) is 13.2. The number of sulfone groups is 1. The molecule has 1 rings (SSSR count). The van der Waals surface area contributed by atoms with Gasteiger partial charge in [-0.25, -0.2) is 13.2 Å². The first-order valence-electron chi connectivity index (χ1n) is 6.47. The van der Waals surface area contributed by atoms with Gasteiger partial charge in [-0.3, -0.25) is 0 Å². The minimum atomic E-state index is -3.05. The summed E-state index contributed by atoms with van der Waals surface area (Å²) >= 11 is 0. The maximum absolute atomic E-state index is 11.7. The quantitative estimate of drug-likeness (QED) is 0.869. The fourth-order valence-corrected chi connectivity index (χ4v) is 2.41. The third-order valence-electron chi connectivity index (χ3n) is 2.85. The molecule has 2 N–H and O–H groups in total. The fourth-order valence-electron chi connectivity index (χ4n) is 1.94. The number of carbonyl (C=O) groups excluding carboxylic acids is 1. The van der Waals surface area contributed by atoms with Crippen molar-refractivity contribution in [2.24, 2.45) is 0 Å². The van der Waals surface area contributed by atoms with Crippen LogP contribution in [0.3, 0.4) is 0 Å².